The fourth-order valence-electron chi connectivity index (χ4n) is 2.98. The molecule has 0 bridgehead atoms. The smallest absolute Gasteiger partial charge is 0.215 e. The monoisotopic (exact) mass is 297 g/mol. The van der Waals surface area contributed by atoms with Crippen molar-refractivity contribution < 1.29 is 18.3 Å². The van der Waals surface area contributed by atoms with Gasteiger partial charge >= 0.3 is 0 Å². The van der Waals surface area contributed by atoms with Crippen LogP contribution in [0.4, 0.5) is 0 Å². The Kier molecular flexibility index (Phi) is 3.81. The van der Waals surface area contributed by atoms with Crippen LogP contribution in [-0.4, -0.2) is 38.1 Å². The summed E-state index contributed by atoms with van der Waals surface area (Å²) in [5.74, 6) is 0. The van der Waals surface area contributed by atoms with E-state index in [0.717, 1.165) is 11.1 Å². The van der Waals surface area contributed by atoms with Gasteiger partial charge in [0.15, 0.2) is 0 Å². The molecule has 1 fully saturated rings. The molecule has 5 nitrogen and oxygen atoms in total. The highest BCUT2D eigenvalue weighted by molar-refractivity contribution is 7.90. The Bertz CT molecular complexity index is 581. The third-order valence-electron chi connectivity index (χ3n) is 4.10. The summed E-state index contributed by atoms with van der Waals surface area (Å²) in [5.41, 5.74) is 1.90. The molecule has 2 N–H and O–H groups in total. The molecule has 2 atom stereocenters. The molecule has 1 aliphatic carbocycles. The second-order valence-electron chi connectivity index (χ2n) is 5.42. The minimum absolute atomic E-state index is 0.420. The van der Waals surface area contributed by atoms with E-state index in [9.17, 15) is 13.5 Å². The van der Waals surface area contributed by atoms with Gasteiger partial charge in [0.05, 0.1) is 17.4 Å². The van der Waals surface area contributed by atoms with Crippen LogP contribution in [0.3, 0.4) is 0 Å². The number of sulfonamides is 1. The normalized spacial score (nSPS) is 27.4. The summed E-state index contributed by atoms with van der Waals surface area (Å²) >= 11 is 0. The highest BCUT2D eigenvalue weighted by atomic mass is 32.2. The average molecular weight is 297 g/mol. The number of benzene rings is 1. The molecule has 0 saturated carbocycles. The van der Waals surface area contributed by atoms with E-state index in [-0.39, 0.29) is 0 Å². The second-order valence-corrected chi connectivity index (χ2v) is 7.41. The van der Waals surface area contributed by atoms with E-state index in [1.54, 1.807) is 0 Å². The van der Waals surface area contributed by atoms with Gasteiger partial charge in [-0.25, -0.2) is 13.1 Å². The number of ether oxygens (including phenoxy) is 1. The predicted molar refractivity (Wildman–Crippen MR) is 74.8 cm³/mol. The van der Waals surface area contributed by atoms with E-state index in [2.05, 4.69) is 4.72 Å². The lowest BCUT2D eigenvalue weighted by Gasteiger charge is -2.25. The lowest BCUT2D eigenvalue weighted by atomic mass is 10.1. The maximum Gasteiger partial charge on any atom is 0.215 e. The van der Waals surface area contributed by atoms with Crippen LogP contribution < -0.4 is 4.72 Å². The number of aliphatic hydroxyl groups excluding tert-OH is 1. The van der Waals surface area contributed by atoms with Gasteiger partial charge in [-0.15, -0.1) is 0 Å². The quantitative estimate of drug-likeness (QED) is 0.863. The van der Waals surface area contributed by atoms with Crippen LogP contribution in [0.15, 0.2) is 24.3 Å². The van der Waals surface area contributed by atoms with Crippen molar-refractivity contribution in [2.75, 3.05) is 13.2 Å². The summed E-state index contributed by atoms with van der Waals surface area (Å²) < 4.78 is 32.7. The largest absolute Gasteiger partial charge is 0.391 e. The third-order valence-corrected chi connectivity index (χ3v) is 6.03. The summed E-state index contributed by atoms with van der Waals surface area (Å²) in [6.07, 6.45) is 0.832. The zero-order chi connectivity index (χ0) is 14.2. The summed E-state index contributed by atoms with van der Waals surface area (Å²) in [7, 11) is -3.43. The van der Waals surface area contributed by atoms with Gasteiger partial charge in [0.1, 0.15) is 0 Å². The van der Waals surface area contributed by atoms with Crippen molar-refractivity contribution in [3.63, 3.8) is 0 Å². The number of rotatable bonds is 3. The van der Waals surface area contributed by atoms with Crippen molar-refractivity contribution in [3.05, 3.63) is 35.4 Å². The minimum atomic E-state index is -3.43. The minimum Gasteiger partial charge on any atom is -0.391 e. The molecule has 1 aromatic carbocycles. The van der Waals surface area contributed by atoms with Crippen molar-refractivity contribution in [1.82, 2.24) is 4.72 Å². The van der Waals surface area contributed by atoms with Gasteiger partial charge in [-0.05, 0) is 24.0 Å². The maximum absolute atomic E-state index is 12.4. The second kappa shape index (κ2) is 5.44. The molecular weight excluding hydrogens is 278 g/mol. The highest BCUT2D eigenvalue weighted by Crippen LogP contribution is 2.32. The molecule has 0 unspecified atom stereocenters. The molecule has 1 heterocycles. The van der Waals surface area contributed by atoms with E-state index >= 15 is 0 Å². The number of hydrogen-bond acceptors (Lipinski definition) is 4. The Morgan fingerprint density at radius 1 is 1.20 bits per heavy atom. The SMILES string of the molecule is O=S(=O)(N[C@@H]1c2ccccc2C[C@@H]1O)C1CCOCC1. The molecule has 20 heavy (non-hydrogen) atoms. The standard InChI is InChI=1S/C14H19NO4S/c16-13-9-10-3-1-2-4-12(10)14(13)15-20(17,18)11-5-7-19-8-6-11/h1-4,11,13-16H,5-9H2/t13-,14+/m0/s1. The van der Waals surface area contributed by atoms with Crippen LogP contribution in [-0.2, 0) is 21.2 Å². The number of nitrogens with one attached hydrogen (secondary N) is 1. The molecule has 0 amide bonds. The molecule has 110 valence electrons. The lowest BCUT2D eigenvalue weighted by Crippen LogP contribution is -2.42. The molecule has 3 rings (SSSR count). The first kappa shape index (κ1) is 14.0. The van der Waals surface area contributed by atoms with Crippen LogP contribution in [0.1, 0.15) is 30.0 Å². The molecule has 6 heteroatoms. The number of hydrogen-bond donors (Lipinski definition) is 2. The molecular formula is C14H19NO4S. The molecule has 1 aromatic rings. The van der Waals surface area contributed by atoms with Crippen molar-refractivity contribution in [3.8, 4) is 0 Å². The van der Waals surface area contributed by atoms with E-state index < -0.39 is 27.4 Å². The predicted octanol–water partition coefficient (Wildman–Crippen LogP) is 0.743. The lowest BCUT2D eigenvalue weighted by molar-refractivity contribution is 0.0976. The van der Waals surface area contributed by atoms with Gasteiger partial charge in [-0.3, -0.25) is 0 Å². The molecule has 1 saturated heterocycles. The van der Waals surface area contributed by atoms with Crippen LogP contribution >= 0.6 is 0 Å². The summed E-state index contributed by atoms with van der Waals surface area (Å²) in [6, 6.07) is 7.05. The number of fused-ring (bicyclic) bond motifs is 1. The Morgan fingerprint density at radius 2 is 1.90 bits per heavy atom. The van der Waals surface area contributed by atoms with E-state index in [0.29, 0.717) is 32.5 Å². The Hall–Kier alpha value is -0.950. The van der Waals surface area contributed by atoms with Gasteiger partial charge in [0.25, 0.3) is 0 Å². The summed E-state index contributed by atoms with van der Waals surface area (Å²) in [6.45, 7) is 0.963. The van der Waals surface area contributed by atoms with Crippen LogP contribution in [0.2, 0.25) is 0 Å². The third kappa shape index (κ3) is 2.61. The summed E-state index contributed by atoms with van der Waals surface area (Å²) in [5, 5.41) is 9.70. The Balaban J connectivity index is 1.80. The van der Waals surface area contributed by atoms with Gasteiger partial charge in [-0.1, -0.05) is 24.3 Å². The first-order valence-corrected chi connectivity index (χ1v) is 8.47. The Labute approximate surface area is 119 Å². The van der Waals surface area contributed by atoms with Gasteiger partial charge in [0, 0.05) is 19.6 Å². The fourth-order valence-corrected chi connectivity index (χ4v) is 4.62. The molecule has 1 aliphatic heterocycles. The Morgan fingerprint density at radius 3 is 2.65 bits per heavy atom. The first-order chi connectivity index (χ1) is 9.58. The van der Waals surface area contributed by atoms with E-state index in [4.69, 9.17) is 4.74 Å². The van der Waals surface area contributed by atoms with Crippen molar-refractivity contribution in [1.29, 1.82) is 0 Å². The fraction of sp³-hybridized carbons (Fsp3) is 0.571. The average Bonchev–Trinajstić information content (AvgIpc) is 2.76. The van der Waals surface area contributed by atoms with E-state index in [1.807, 2.05) is 24.3 Å². The van der Waals surface area contributed by atoms with Gasteiger partial charge in [0.2, 0.25) is 10.0 Å². The topological polar surface area (TPSA) is 75.6 Å². The van der Waals surface area contributed by atoms with Crippen molar-refractivity contribution in [2.45, 2.75) is 36.7 Å². The van der Waals surface area contributed by atoms with Gasteiger partial charge in [-0.2, -0.15) is 0 Å². The molecule has 0 radical (unpaired) electrons. The van der Waals surface area contributed by atoms with Crippen molar-refractivity contribution in [2.24, 2.45) is 0 Å². The van der Waals surface area contributed by atoms with Crippen molar-refractivity contribution >= 4 is 10.0 Å². The zero-order valence-corrected chi connectivity index (χ0v) is 12.0. The molecule has 0 spiro atoms. The number of aliphatic hydroxyl groups is 1. The van der Waals surface area contributed by atoms with Crippen LogP contribution in [0.25, 0.3) is 0 Å². The maximum atomic E-state index is 12.4. The first-order valence-electron chi connectivity index (χ1n) is 6.93. The molecule has 0 aromatic heterocycles. The zero-order valence-electron chi connectivity index (χ0n) is 11.2. The van der Waals surface area contributed by atoms with Crippen LogP contribution in [0.5, 0.6) is 0 Å². The van der Waals surface area contributed by atoms with E-state index in [1.165, 1.54) is 0 Å². The highest BCUT2D eigenvalue weighted by Gasteiger charge is 2.37. The van der Waals surface area contributed by atoms with Gasteiger partial charge < -0.3 is 9.84 Å². The summed E-state index contributed by atoms with van der Waals surface area (Å²) in [4.78, 5) is 0. The molecule has 2 aliphatic rings. The van der Waals surface area contributed by atoms with Crippen LogP contribution in [0, 0.1) is 0 Å².